The second kappa shape index (κ2) is 11.8. The Bertz CT molecular complexity index is 1040. The van der Waals surface area contributed by atoms with Gasteiger partial charge in [-0.3, -0.25) is 4.79 Å². The van der Waals surface area contributed by atoms with Gasteiger partial charge in [0.1, 0.15) is 11.9 Å². The first-order valence-corrected chi connectivity index (χ1v) is 11.9. The number of ether oxygens (including phenoxy) is 2. The summed E-state index contributed by atoms with van der Waals surface area (Å²) in [4.78, 5) is 29.9. The van der Waals surface area contributed by atoms with Gasteiger partial charge < -0.3 is 19.1 Å². The van der Waals surface area contributed by atoms with Crippen molar-refractivity contribution >= 4 is 23.3 Å². The van der Waals surface area contributed by atoms with Gasteiger partial charge in [-0.15, -0.1) is 11.3 Å². The molecule has 2 aromatic heterocycles. The Balaban J connectivity index is 1.92. The van der Waals surface area contributed by atoms with Crippen molar-refractivity contribution in [2.24, 2.45) is 5.92 Å². The summed E-state index contributed by atoms with van der Waals surface area (Å²) in [7, 11) is 2.69. The smallest absolute Gasteiger partial charge is 0.337 e. The average Bonchev–Trinajstić information content (AvgIpc) is 3.50. The normalized spacial score (nSPS) is 12.8. The lowest BCUT2D eigenvalue weighted by molar-refractivity contribution is -0.149. The first-order chi connectivity index (χ1) is 16.0. The highest BCUT2D eigenvalue weighted by molar-refractivity contribution is 7.09. The molecule has 0 aliphatic rings. The number of hydrogen-bond donors (Lipinski definition) is 1. The fraction of sp³-hybridized carbons (Fsp3) is 0.400. The van der Waals surface area contributed by atoms with E-state index in [1.807, 2.05) is 34.2 Å². The van der Waals surface area contributed by atoms with Gasteiger partial charge in [0.15, 0.2) is 0 Å². The van der Waals surface area contributed by atoms with E-state index in [-0.39, 0.29) is 0 Å². The number of rotatable bonds is 11. The number of carbonyl (C=O) groups excluding carboxylic acids is 2. The summed E-state index contributed by atoms with van der Waals surface area (Å²) < 4.78 is 11.8. The fourth-order valence-corrected chi connectivity index (χ4v) is 4.52. The topological polar surface area (TPSA) is 90.6 Å². The number of carbonyl (C=O) groups is 2. The third-order valence-corrected chi connectivity index (χ3v) is 6.53. The van der Waals surface area contributed by atoms with Crippen molar-refractivity contribution in [2.75, 3.05) is 14.2 Å². The number of aryl methyl sites for hydroxylation is 1. The van der Waals surface area contributed by atoms with Crippen molar-refractivity contribution in [3.05, 3.63) is 75.5 Å². The van der Waals surface area contributed by atoms with Gasteiger partial charge in [0.25, 0.3) is 0 Å². The molecule has 0 radical (unpaired) electrons. The Labute approximate surface area is 198 Å². The Morgan fingerprint density at radius 2 is 1.91 bits per heavy atom. The van der Waals surface area contributed by atoms with Crippen LogP contribution in [0.3, 0.4) is 0 Å². The molecule has 1 N–H and O–H groups in total. The lowest BCUT2D eigenvalue weighted by atomic mass is 9.95. The van der Waals surface area contributed by atoms with Crippen LogP contribution < -0.4 is 0 Å². The van der Waals surface area contributed by atoms with Gasteiger partial charge in [0, 0.05) is 17.8 Å². The Morgan fingerprint density at radius 1 is 1.15 bits per heavy atom. The monoisotopic (exact) mass is 470 g/mol. The van der Waals surface area contributed by atoms with E-state index in [1.165, 1.54) is 14.2 Å². The minimum absolute atomic E-state index is 0.384. The summed E-state index contributed by atoms with van der Waals surface area (Å²) in [5, 5.41) is 13.3. The van der Waals surface area contributed by atoms with E-state index in [0.717, 1.165) is 35.5 Å². The summed E-state index contributed by atoms with van der Waals surface area (Å²) in [6.07, 6.45) is 3.71. The Hall–Kier alpha value is -2.97. The number of thiophene rings is 1. The molecular weight excluding hydrogens is 440 g/mol. The van der Waals surface area contributed by atoms with Crippen LogP contribution in [0.2, 0.25) is 0 Å². The van der Waals surface area contributed by atoms with Gasteiger partial charge in [-0.1, -0.05) is 31.5 Å². The predicted octanol–water partition coefficient (Wildman–Crippen LogP) is 4.19. The predicted molar refractivity (Wildman–Crippen MR) is 126 cm³/mol. The largest absolute Gasteiger partial charge is 0.469 e. The molecule has 2 atom stereocenters. The van der Waals surface area contributed by atoms with Crippen molar-refractivity contribution in [2.45, 2.75) is 45.3 Å². The average molecular weight is 471 g/mol. The maximum absolute atomic E-state index is 12.6. The summed E-state index contributed by atoms with van der Waals surface area (Å²) >= 11 is 1.54. The molecule has 0 spiro atoms. The van der Waals surface area contributed by atoms with E-state index in [9.17, 15) is 14.7 Å². The molecule has 0 amide bonds. The number of benzene rings is 1. The van der Waals surface area contributed by atoms with Crippen LogP contribution in [0.25, 0.3) is 0 Å². The first-order valence-electron chi connectivity index (χ1n) is 11.0. The van der Waals surface area contributed by atoms with E-state index < -0.39 is 24.0 Å². The molecule has 8 heteroatoms. The van der Waals surface area contributed by atoms with Crippen LogP contribution in [0, 0.1) is 5.92 Å². The lowest BCUT2D eigenvalue weighted by Crippen LogP contribution is -2.27. The summed E-state index contributed by atoms with van der Waals surface area (Å²) in [6, 6.07) is 11.0. The zero-order valence-corrected chi connectivity index (χ0v) is 20.0. The Morgan fingerprint density at radius 3 is 2.52 bits per heavy atom. The fourth-order valence-electron chi connectivity index (χ4n) is 3.76. The number of aromatic nitrogens is 2. The standard InChI is InChI=1S/C25H30N2O5S/c1-4-5-8-22-26-15-21(23(28)20(25(30)32-3)14-19-7-6-13-33-19)27(22)16-17-9-11-18(12-10-17)24(29)31-2/h6-7,9-13,15,20,23,28H,4-5,8,14,16H2,1-3H3. The second-order valence-corrected chi connectivity index (χ2v) is 8.87. The third kappa shape index (κ3) is 6.09. The van der Waals surface area contributed by atoms with Gasteiger partial charge in [-0.05, 0) is 42.0 Å². The molecule has 3 aromatic rings. The van der Waals surface area contributed by atoms with Crippen molar-refractivity contribution in [1.82, 2.24) is 9.55 Å². The molecule has 0 bridgehead atoms. The molecule has 0 saturated heterocycles. The number of nitrogens with zero attached hydrogens (tertiary/aromatic N) is 2. The molecule has 7 nitrogen and oxygen atoms in total. The number of hydrogen-bond acceptors (Lipinski definition) is 7. The van der Waals surface area contributed by atoms with Crippen LogP contribution >= 0.6 is 11.3 Å². The van der Waals surface area contributed by atoms with E-state index in [1.54, 1.807) is 29.7 Å². The molecule has 176 valence electrons. The van der Waals surface area contributed by atoms with Gasteiger partial charge in [-0.25, -0.2) is 9.78 Å². The van der Waals surface area contributed by atoms with Crippen LogP contribution in [0.4, 0.5) is 0 Å². The summed E-state index contributed by atoms with van der Waals surface area (Å²) in [6.45, 7) is 2.57. The summed E-state index contributed by atoms with van der Waals surface area (Å²) in [5.41, 5.74) is 1.99. The van der Waals surface area contributed by atoms with E-state index in [2.05, 4.69) is 11.9 Å². The molecule has 0 fully saturated rings. The van der Waals surface area contributed by atoms with Crippen molar-refractivity contribution < 1.29 is 24.2 Å². The molecule has 3 rings (SSSR count). The van der Waals surface area contributed by atoms with Crippen LogP contribution in [0.15, 0.2) is 48.0 Å². The minimum Gasteiger partial charge on any atom is -0.469 e. The van der Waals surface area contributed by atoms with Gasteiger partial charge in [0.05, 0.1) is 37.6 Å². The number of esters is 2. The lowest BCUT2D eigenvalue weighted by Gasteiger charge is -2.22. The highest BCUT2D eigenvalue weighted by Crippen LogP contribution is 2.29. The molecule has 0 aliphatic heterocycles. The molecule has 2 unspecified atom stereocenters. The highest BCUT2D eigenvalue weighted by atomic mass is 32.1. The van der Waals surface area contributed by atoms with Crippen LogP contribution in [-0.2, 0) is 33.7 Å². The van der Waals surface area contributed by atoms with Gasteiger partial charge in [0.2, 0.25) is 0 Å². The zero-order valence-electron chi connectivity index (χ0n) is 19.2. The van der Waals surface area contributed by atoms with E-state index in [0.29, 0.717) is 24.2 Å². The molecule has 0 saturated carbocycles. The van der Waals surface area contributed by atoms with Crippen LogP contribution in [0.5, 0.6) is 0 Å². The van der Waals surface area contributed by atoms with Crippen LogP contribution in [-0.4, -0.2) is 40.8 Å². The van der Waals surface area contributed by atoms with Crippen molar-refractivity contribution in [3.8, 4) is 0 Å². The summed E-state index contributed by atoms with van der Waals surface area (Å²) in [5.74, 6) is -0.743. The Kier molecular flexibility index (Phi) is 8.79. The zero-order chi connectivity index (χ0) is 23.8. The highest BCUT2D eigenvalue weighted by Gasteiger charge is 2.32. The molecule has 33 heavy (non-hydrogen) atoms. The molecular formula is C25H30N2O5S. The maximum atomic E-state index is 12.6. The molecule has 1 aromatic carbocycles. The molecule has 0 aliphatic carbocycles. The second-order valence-electron chi connectivity index (χ2n) is 7.84. The number of imidazole rings is 1. The number of unbranched alkanes of at least 4 members (excludes halogenated alkanes) is 1. The van der Waals surface area contributed by atoms with E-state index >= 15 is 0 Å². The minimum atomic E-state index is -1.07. The molecule has 2 heterocycles. The third-order valence-electron chi connectivity index (χ3n) is 5.63. The van der Waals surface area contributed by atoms with Gasteiger partial charge >= 0.3 is 11.9 Å². The van der Waals surface area contributed by atoms with E-state index in [4.69, 9.17) is 9.47 Å². The van der Waals surface area contributed by atoms with Gasteiger partial charge in [-0.2, -0.15) is 0 Å². The quantitative estimate of drug-likeness (QED) is 0.423. The SMILES string of the molecule is CCCCc1ncc(C(O)C(Cc2cccs2)C(=O)OC)n1Cc1ccc(C(=O)OC)cc1. The maximum Gasteiger partial charge on any atom is 0.337 e. The van der Waals surface area contributed by atoms with Crippen molar-refractivity contribution in [1.29, 1.82) is 0 Å². The number of aliphatic hydroxyl groups is 1. The van der Waals surface area contributed by atoms with Crippen LogP contribution in [0.1, 0.15) is 58.2 Å². The van der Waals surface area contributed by atoms with Crippen molar-refractivity contribution in [3.63, 3.8) is 0 Å². The number of aliphatic hydroxyl groups excluding tert-OH is 1. The number of methoxy groups -OCH3 is 2. The first kappa shape index (κ1) is 24.7.